The zero-order valence-electron chi connectivity index (χ0n) is 12.7. The van der Waals surface area contributed by atoms with E-state index in [0.29, 0.717) is 24.4 Å². The van der Waals surface area contributed by atoms with Crippen molar-refractivity contribution in [1.29, 1.82) is 0 Å². The van der Waals surface area contributed by atoms with Crippen molar-refractivity contribution in [2.24, 2.45) is 11.8 Å². The van der Waals surface area contributed by atoms with Crippen molar-refractivity contribution in [2.75, 3.05) is 35.3 Å². The Kier molecular flexibility index (Phi) is 5.51. The van der Waals surface area contributed by atoms with E-state index in [1.54, 1.807) is 0 Å². The molecule has 2 rings (SSSR count). The Bertz CT molecular complexity index is 452. The summed E-state index contributed by atoms with van der Waals surface area (Å²) >= 11 is 0. The highest BCUT2D eigenvalue weighted by Crippen LogP contribution is 2.25. The number of nitrogens with zero attached hydrogens (tertiary/aromatic N) is 4. The van der Waals surface area contributed by atoms with E-state index in [0.717, 1.165) is 32.4 Å². The minimum Gasteiger partial charge on any atom is -0.393 e. The third kappa shape index (κ3) is 3.92. The van der Waals surface area contributed by atoms with Crippen molar-refractivity contribution in [1.82, 2.24) is 15.0 Å². The van der Waals surface area contributed by atoms with Gasteiger partial charge in [0.05, 0.1) is 6.10 Å². The molecule has 1 saturated carbocycles. The van der Waals surface area contributed by atoms with E-state index in [9.17, 15) is 5.11 Å². The van der Waals surface area contributed by atoms with Gasteiger partial charge in [-0.15, -0.1) is 0 Å². The van der Waals surface area contributed by atoms with Gasteiger partial charge >= 0.3 is 0 Å². The first-order chi connectivity index (χ1) is 10.2. The van der Waals surface area contributed by atoms with E-state index in [4.69, 9.17) is 5.84 Å². The van der Waals surface area contributed by atoms with Crippen LogP contribution in [0.5, 0.6) is 0 Å². The Labute approximate surface area is 125 Å². The van der Waals surface area contributed by atoms with Crippen LogP contribution in [-0.4, -0.2) is 45.8 Å². The number of hydrogen-bond donors (Lipinski definition) is 4. The van der Waals surface area contributed by atoms with Crippen molar-refractivity contribution in [3.05, 3.63) is 0 Å². The number of aliphatic hydroxyl groups excluding tert-OH is 1. The second-order valence-electron chi connectivity index (χ2n) is 5.24. The number of rotatable bonds is 7. The molecule has 0 aromatic carbocycles. The normalized spacial score (nSPS) is 21.3. The largest absolute Gasteiger partial charge is 0.393 e. The number of nitrogens with two attached hydrogens (primary N) is 1. The maximum absolute atomic E-state index is 9.85. The predicted molar refractivity (Wildman–Crippen MR) is 83.0 cm³/mol. The third-order valence-electron chi connectivity index (χ3n) is 3.94. The molecule has 1 aromatic heterocycles. The first-order valence-corrected chi connectivity index (χ1v) is 7.57. The van der Waals surface area contributed by atoms with Gasteiger partial charge in [-0.3, -0.25) is 5.43 Å². The van der Waals surface area contributed by atoms with Crippen LogP contribution in [0.25, 0.3) is 0 Å². The lowest BCUT2D eigenvalue weighted by atomic mass is 10.1. The number of nitrogens with one attached hydrogen (secondary N) is 2. The number of nitrogen functional groups attached to an aromatic ring is 1. The summed E-state index contributed by atoms with van der Waals surface area (Å²) in [6.45, 7) is 6.37. The van der Waals surface area contributed by atoms with Gasteiger partial charge < -0.3 is 15.3 Å². The average Bonchev–Trinajstić information content (AvgIpc) is 2.91. The highest BCUT2D eigenvalue weighted by Gasteiger charge is 2.25. The fourth-order valence-corrected chi connectivity index (χ4v) is 2.63. The molecule has 2 unspecified atom stereocenters. The second-order valence-corrected chi connectivity index (χ2v) is 5.24. The quantitative estimate of drug-likeness (QED) is 0.427. The zero-order valence-corrected chi connectivity index (χ0v) is 12.7. The third-order valence-corrected chi connectivity index (χ3v) is 3.94. The lowest BCUT2D eigenvalue weighted by molar-refractivity contribution is 0.138. The SMILES string of the molecule is CCN(CC)c1nc(NN)nc(NCC2CCCC2O)n1. The van der Waals surface area contributed by atoms with E-state index in [1.807, 2.05) is 18.7 Å². The molecule has 1 aliphatic carbocycles. The van der Waals surface area contributed by atoms with Crippen molar-refractivity contribution < 1.29 is 5.11 Å². The summed E-state index contributed by atoms with van der Waals surface area (Å²) in [4.78, 5) is 14.9. The summed E-state index contributed by atoms with van der Waals surface area (Å²) in [6, 6.07) is 0. The maximum atomic E-state index is 9.85. The van der Waals surface area contributed by atoms with E-state index in [-0.39, 0.29) is 12.0 Å². The molecular weight excluding hydrogens is 270 g/mol. The Morgan fingerprint density at radius 1 is 1.19 bits per heavy atom. The summed E-state index contributed by atoms with van der Waals surface area (Å²) < 4.78 is 0. The van der Waals surface area contributed by atoms with Crippen molar-refractivity contribution in [2.45, 2.75) is 39.2 Å². The van der Waals surface area contributed by atoms with Gasteiger partial charge in [-0.1, -0.05) is 6.42 Å². The predicted octanol–water partition coefficient (Wildman–Crippen LogP) is 0.576. The molecule has 0 saturated heterocycles. The molecule has 1 heterocycles. The van der Waals surface area contributed by atoms with Gasteiger partial charge in [-0.25, -0.2) is 5.84 Å². The maximum Gasteiger partial charge on any atom is 0.243 e. The minimum absolute atomic E-state index is 0.228. The molecule has 0 spiro atoms. The van der Waals surface area contributed by atoms with Gasteiger partial charge in [0.15, 0.2) is 0 Å². The van der Waals surface area contributed by atoms with Gasteiger partial charge in [0.2, 0.25) is 17.8 Å². The molecule has 21 heavy (non-hydrogen) atoms. The number of hydrazine groups is 1. The van der Waals surface area contributed by atoms with Gasteiger partial charge in [0.25, 0.3) is 0 Å². The summed E-state index contributed by atoms with van der Waals surface area (Å²) in [7, 11) is 0. The number of aromatic nitrogens is 3. The molecular formula is C13H25N7O. The number of hydrogen-bond acceptors (Lipinski definition) is 8. The van der Waals surface area contributed by atoms with Crippen LogP contribution in [0.1, 0.15) is 33.1 Å². The molecule has 0 aliphatic heterocycles. The van der Waals surface area contributed by atoms with Gasteiger partial charge in [0, 0.05) is 25.6 Å². The van der Waals surface area contributed by atoms with E-state index < -0.39 is 0 Å². The summed E-state index contributed by atoms with van der Waals surface area (Å²) in [5, 5.41) is 13.0. The summed E-state index contributed by atoms with van der Waals surface area (Å²) in [6.07, 6.45) is 2.76. The first kappa shape index (κ1) is 15.7. The minimum atomic E-state index is -0.228. The monoisotopic (exact) mass is 295 g/mol. The topological polar surface area (TPSA) is 112 Å². The first-order valence-electron chi connectivity index (χ1n) is 7.57. The van der Waals surface area contributed by atoms with Crippen LogP contribution in [0.4, 0.5) is 17.8 Å². The molecule has 0 bridgehead atoms. The molecule has 0 amide bonds. The average molecular weight is 295 g/mol. The van der Waals surface area contributed by atoms with Gasteiger partial charge in [-0.2, -0.15) is 15.0 Å². The second kappa shape index (κ2) is 7.37. The molecule has 0 radical (unpaired) electrons. The highest BCUT2D eigenvalue weighted by atomic mass is 16.3. The van der Waals surface area contributed by atoms with Crippen LogP contribution in [0.3, 0.4) is 0 Å². The smallest absolute Gasteiger partial charge is 0.243 e. The molecule has 1 aliphatic rings. The summed E-state index contributed by atoms with van der Waals surface area (Å²) in [5.74, 6) is 7.09. The number of anilines is 3. The fraction of sp³-hybridized carbons (Fsp3) is 0.769. The summed E-state index contributed by atoms with van der Waals surface area (Å²) in [5.41, 5.74) is 2.47. The molecule has 8 heteroatoms. The van der Waals surface area contributed by atoms with Gasteiger partial charge in [0.1, 0.15) is 0 Å². The van der Waals surface area contributed by atoms with Gasteiger partial charge in [-0.05, 0) is 26.7 Å². The Morgan fingerprint density at radius 2 is 1.90 bits per heavy atom. The van der Waals surface area contributed by atoms with E-state index >= 15 is 0 Å². The van der Waals surface area contributed by atoms with Crippen molar-refractivity contribution in [3.8, 4) is 0 Å². The molecule has 1 fully saturated rings. The van der Waals surface area contributed by atoms with Crippen LogP contribution >= 0.6 is 0 Å². The van der Waals surface area contributed by atoms with Crippen LogP contribution in [0.15, 0.2) is 0 Å². The van der Waals surface area contributed by atoms with Crippen LogP contribution < -0.4 is 21.5 Å². The highest BCUT2D eigenvalue weighted by molar-refractivity contribution is 5.43. The lowest BCUT2D eigenvalue weighted by Gasteiger charge is -2.20. The standard InChI is InChI=1S/C13H25N7O/c1-3-20(4-2)13-17-11(16-12(18-13)19-14)15-8-9-6-5-7-10(9)21/h9-10,21H,3-8,14H2,1-2H3,(H2,15,16,17,18,19). The van der Waals surface area contributed by atoms with Crippen LogP contribution in [0, 0.1) is 5.92 Å². The van der Waals surface area contributed by atoms with Crippen molar-refractivity contribution in [3.63, 3.8) is 0 Å². The molecule has 2 atom stereocenters. The fourth-order valence-electron chi connectivity index (χ4n) is 2.63. The van der Waals surface area contributed by atoms with Crippen LogP contribution in [0.2, 0.25) is 0 Å². The zero-order chi connectivity index (χ0) is 15.2. The Morgan fingerprint density at radius 3 is 2.48 bits per heavy atom. The molecule has 1 aromatic rings. The van der Waals surface area contributed by atoms with E-state index in [1.165, 1.54) is 0 Å². The van der Waals surface area contributed by atoms with Crippen LogP contribution in [-0.2, 0) is 0 Å². The number of aliphatic hydroxyl groups is 1. The van der Waals surface area contributed by atoms with E-state index in [2.05, 4.69) is 25.7 Å². The molecule has 8 nitrogen and oxygen atoms in total. The molecule has 5 N–H and O–H groups in total. The lowest BCUT2D eigenvalue weighted by Crippen LogP contribution is -2.27. The Balaban J connectivity index is 2.08. The van der Waals surface area contributed by atoms with Crippen molar-refractivity contribution >= 4 is 17.8 Å². The Hall–Kier alpha value is -1.67. The molecule has 118 valence electrons.